The summed E-state index contributed by atoms with van der Waals surface area (Å²) in [5.74, 6) is 0.898. The maximum Gasteiger partial charge on any atom is 0.407 e. The summed E-state index contributed by atoms with van der Waals surface area (Å²) in [6.45, 7) is 6.58. The van der Waals surface area contributed by atoms with E-state index in [0.717, 1.165) is 17.0 Å². The maximum absolute atomic E-state index is 13.8. The molecular weight excluding hydrogens is 649 g/mol. The number of nitrogens with zero attached hydrogens (tertiary/aromatic N) is 1. The van der Waals surface area contributed by atoms with Gasteiger partial charge in [-0.15, -0.1) is 0 Å². The number of hydrogen-bond acceptors (Lipinski definition) is 7. The number of alkyl carbamates (subject to hydrolysis) is 1. The molecule has 0 saturated heterocycles. The number of halogens is 2. The van der Waals surface area contributed by atoms with E-state index in [1.807, 2.05) is 35.2 Å². The van der Waals surface area contributed by atoms with Crippen molar-refractivity contribution in [3.05, 3.63) is 101 Å². The number of carbonyl (C=O) groups excluding carboxylic acids is 1. The van der Waals surface area contributed by atoms with Crippen LogP contribution in [0, 0.1) is 0 Å². The van der Waals surface area contributed by atoms with E-state index in [1.54, 1.807) is 76.4 Å². The number of carbonyl (C=O) groups is 1. The van der Waals surface area contributed by atoms with Crippen molar-refractivity contribution in [2.45, 2.75) is 37.8 Å². The van der Waals surface area contributed by atoms with Gasteiger partial charge in [0.05, 0.1) is 19.9 Å². The van der Waals surface area contributed by atoms with Crippen LogP contribution in [0.3, 0.4) is 0 Å². The van der Waals surface area contributed by atoms with Crippen LogP contribution < -0.4 is 24.4 Å². The molecule has 0 aromatic heterocycles. The summed E-state index contributed by atoms with van der Waals surface area (Å²) in [7, 11) is -1.11. The Morgan fingerprint density at radius 1 is 0.891 bits per heavy atom. The molecule has 0 fully saturated rings. The van der Waals surface area contributed by atoms with Gasteiger partial charge in [-0.3, -0.25) is 4.72 Å². The second kappa shape index (κ2) is 15.0. The van der Waals surface area contributed by atoms with Gasteiger partial charge in [0.15, 0.2) is 0 Å². The largest absolute Gasteiger partial charge is 0.497 e. The zero-order valence-electron chi connectivity index (χ0n) is 26.3. The van der Waals surface area contributed by atoms with E-state index in [4.69, 9.17) is 37.4 Å². The Morgan fingerprint density at radius 2 is 1.63 bits per heavy atom. The molecule has 4 aromatic carbocycles. The van der Waals surface area contributed by atoms with Crippen LogP contribution in [0.2, 0.25) is 10.0 Å². The van der Waals surface area contributed by atoms with Crippen molar-refractivity contribution in [1.82, 2.24) is 5.32 Å². The molecular formula is C34H37Cl2N3O6S. The van der Waals surface area contributed by atoms with Crippen molar-refractivity contribution >= 4 is 50.7 Å². The number of sulfonamides is 1. The first-order chi connectivity index (χ1) is 21.8. The molecule has 1 amide bonds. The number of hydrogen-bond donors (Lipinski definition) is 2. The topological polar surface area (TPSA) is 106 Å². The molecule has 0 unspecified atom stereocenters. The summed E-state index contributed by atoms with van der Waals surface area (Å²) >= 11 is 12.6. The van der Waals surface area contributed by atoms with E-state index in [-0.39, 0.29) is 17.2 Å². The number of nitrogens with one attached hydrogen (secondary N) is 2. The highest BCUT2D eigenvalue weighted by atomic mass is 35.5. The van der Waals surface area contributed by atoms with E-state index in [2.05, 4.69) is 10.0 Å². The van der Waals surface area contributed by atoms with Gasteiger partial charge >= 0.3 is 6.09 Å². The first-order valence-electron chi connectivity index (χ1n) is 14.4. The van der Waals surface area contributed by atoms with Gasteiger partial charge in [-0.1, -0.05) is 47.5 Å². The highest BCUT2D eigenvalue weighted by molar-refractivity contribution is 7.92. The maximum atomic E-state index is 13.8. The summed E-state index contributed by atoms with van der Waals surface area (Å²) in [6.07, 6.45) is -0.520. The van der Waals surface area contributed by atoms with Crippen molar-refractivity contribution in [2.24, 2.45) is 0 Å². The fourth-order valence-electron chi connectivity index (χ4n) is 4.61. The van der Waals surface area contributed by atoms with Gasteiger partial charge in [0.2, 0.25) is 0 Å². The van der Waals surface area contributed by atoms with Gasteiger partial charge in [0, 0.05) is 40.9 Å². The van der Waals surface area contributed by atoms with Crippen LogP contribution in [0.25, 0.3) is 11.1 Å². The second-order valence-corrected chi connectivity index (χ2v) is 13.8. The molecule has 0 aliphatic heterocycles. The predicted octanol–water partition coefficient (Wildman–Crippen LogP) is 8.01. The molecule has 4 aromatic rings. The summed E-state index contributed by atoms with van der Waals surface area (Å²) in [5.41, 5.74) is 2.58. The lowest BCUT2D eigenvalue weighted by Gasteiger charge is -2.26. The third-order valence-electron chi connectivity index (χ3n) is 6.74. The van der Waals surface area contributed by atoms with E-state index >= 15 is 0 Å². The van der Waals surface area contributed by atoms with Gasteiger partial charge in [0.25, 0.3) is 10.0 Å². The average Bonchev–Trinajstić information content (AvgIpc) is 3.01. The molecule has 0 saturated carbocycles. The van der Waals surface area contributed by atoms with Gasteiger partial charge in [0.1, 0.15) is 22.0 Å². The minimum atomic E-state index is -4.12. The molecule has 46 heavy (non-hydrogen) atoms. The number of methoxy groups -OCH3 is 2. The number of rotatable bonds is 12. The Kier molecular flexibility index (Phi) is 11.3. The van der Waals surface area contributed by atoms with Gasteiger partial charge < -0.3 is 24.4 Å². The summed E-state index contributed by atoms with van der Waals surface area (Å²) in [5, 5.41) is 3.69. The minimum Gasteiger partial charge on any atom is -0.497 e. The van der Waals surface area contributed by atoms with Crippen LogP contribution in [-0.2, 0) is 21.3 Å². The highest BCUT2D eigenvalue weighted by Crippen LogP contribution is 2.36. The predicted molar refractivity (Wildman–Crippen MR) is 184 cm³/mol. The first kappa shape index (κ1) is 34.7. The van der Waals surface area contributed by atoms with Crippen LogP contribution in [0.4, 0.5) is 16.2 Å². The standard InChI is InChI=1S/C34H37Cl2N3O6S/c1-34(2,3)45-33(40)37-17-18-39(22-23-9-13-28(43-4)14-10-23)27-8-6-7-26(21-27)38-46(41,42)32-19-24(11-16-31(32)44-5)29-20-25(35)12-15-30(29)36/h6-16,19-21,38H,17-18,22H2,1-5H3,(H,37,40). The highest BCUT2D eigenvalue weighted by Gasteiger charge is 2.22. The normalized spacial score (nSPS) is 11.5. The third kappa shape index (κ3) is 9.45. The van der Waals surface area contributed by atoms with E-state index in [1.165, 1.54) is 13.2 Å². The minimum absolute atomic E-state index is 0.0643. The van der Waals surface area contributed by atoms with Gasteiger partial charge in [-0.2, -0.15) is 0 Å². The van der Waals surface area contributed by atoms with Crippen molar-refractivity contribution in [1.29, 1.82) is 0 Å². The quantitative estimate of drug-likeness (QED) is 0.156. The Hall–Kier alpha value is -4.12. The van der Waals surface area contributed by atoms with Crippen LogP contribution in [-0.4, -0.2) is 47.4 Å². The first-order valence-corrected chi connectivity index (χ1v) is 16.6. The Balaban J connectivity index is 1.61. The molecule has 0 aliphatic rings. The van der Waals surface area contributed by atoms with Crippen molar-refractivity contribution < 1.29 is 27.4 Å². The summed E-state index contributed by atoms with van der Waals surface area (Å²) in [6, 6.07) is 24.5. The molecule has 12 heteroatoms. The third-order valence-corrected chi connectivity index (χ3v) is 8.71. The van der Waals surface area contributed by atoms with Crippen LogP contribution in [0.5, 0.6) is 11.5 Å². The lowest BCUT2D eigenvalue weighted by molar-refractivity contribution is 0.0529. The fourth-order valence-corrected chi connectivity index (χ4v) is 6.25. The van der Waals surface area contributed by atoms with Crippen molar-refractivity contribution in [3.8, 4) is 22.6 Å². The zero-order chi connectivity index (χ0) is 33.5. The molecule has 4 rings (SSSR count). The molecule has 0 radical (unpaired) electrons. The van der Waals surface area contributed by atoms with Crippen LogP contribution in [0.1, 0.15) is 26.3 Å². The smallest absolute Gasteiger partial charge is 0.407 e. The van der Waals surface area contributed by atoms with Gasteiger partial charge in [-0.25, -0.2) is 13.2 Å². The molecule has 2 N–H and O–H groups in total. The van der Waals surface area contributed by atoms with Crippen LogP contribution >= 0.6 is 23.2 Å². The SMILES string of the molecule is COc1ccc(CN(CCNC(=O)OC(C)(C)C)c2cccc(NS(=O)(=O)c3cc(-c4cc(Cl)ccc4Cl)ccc3OC)c2)cc1. The summed E-state index contributed by atoms with van der Waals surface area (Å²) < 4.78 is 46.3. The summed E-state index contributed by atoms with van der Waals surface area (Å²) in [4.78, 5) is 14.2. The number of anilines is 2. The molecule has 0 heterocycles. The van der Waals surface area contributed by atoms with E-state index in [9.17, 15) is 13.2 Å². The fraction of sp³-hybridized carbons (Fsp3) is 0.265. The Labute approximate surface area is 280 Å². The Morgan fingerprint density at radius 3 is 2.30 bits per heavy atom. The zero-order valence-corrected chi connectivity index (χ0v) is 28.6. The number of ether oxygens (including phenoxy) is 3. The monoisotopic (exact) mass is 685 g/mol. The molecule has 0 aliphatic carbocycles. The number of amides is 1. The van der Waals surface area contributed by atoms with E-state index < -0.39 is 21.7 Å². The molecule has 244 valence electrons. The van der Waals surface area contributed by atoms with Crippen molar-refractivity contribution in [2.75, 3.05) is 36.9 Å². The average molecular weight is 687 g/mol. The number of benzene rings is 4. The van der Waals surface area contributed by atoms with Gasteiger partial charge in [-0.05, 0) is 92.6 Å². The van der Waals surface area contributed by atoms with Crippen LogP contribution in [0.15, 0.2) is 89.8 Å². The molecule has 0 spiro atoms. The Bertz CT molecular complexity index is 1780. The van der Waals surface area contributed by atoms with E-state index in [0.29, 0.717) is 39.9 Å². The lowest BCUT2D eigenvalue weighted by atomic mass is 10.1. The molecule has 9 nitrogen and oxygen atoms in total. The lowest BCUT2D eigenvalue weighted by Crippen LogP contribution is -2.38. The second-order valence-electron chi connectivity index (χ2n) is 11.3. The molecule has 0 bridgehead atoms. The molecule has 0 atom stereocenters. The van der Waals surface area contributed by atoms with Crippen molar-refractivity contribution in [3.63, 3.8) is 0 Å².